The molecule has 1 aromatic heterocycles. The lowest BCUT2D eigenvalue weighted by atomic mass is 10.1. The fraction of sp³-hybridized carbons (Fsp3) is 0.312. The van der Waals surface area contributed by atoms with Gasteiger partial charge < -0.3 is 10.6 Å². The van der Waals surface area contributed by atoms with Gasteiger partial charge in [0.1, 0.15) is 0 Å². The molecule has 4 heteroatoms. The zero-order valence-electron chi connectivity index (χ0n) is 12.3. The Balaban J connectivity index is 2.16. The van der Waals surface area contributed by atoms with E-state index in [0.29, 0.717) is 5.56 Å². The molecule has 0 fully saturated rings. The number of amides is 1. The molecule has 0 saturated carbocycles. The third kappa shape index (κ3) is 3.20. The van der Waals surface area contributed by atoms with Crippen LogP contribution >= 0.6 is 11.3 Å². The van der Waals surface area contributed by atoms with Gasteiger partial charge in [0.25, 0.3) is 5.91 Å². The summed E-state index contributed by atoms with van der Waals surface area (Å²) in [5.41, 5.74) is 4.15. The Morgan fingerprint density at radius 3 is 2.55 bits per heavy atom. The molecular formula is C16H20N2OS. The van der Waals surface area contributed by atoms with Gasteiger partial charge in [0.2, 0.25) is 0 Å². The number of carbonyl (C=O) groups excluding carboxylic acids is 1. The van der Waals surface area contributed by atoms with Crippen molar-refractivity contribution in [3.8, 4) is 0 Å². The maximum absolute atomic E-state index is 11.7. The first kappa shape index (κ1) is 14.6. The molecule has 0 atom stereocenters. The van der Waals surface area contributed by atoms with Crippen LogP contribution in [0, 0.1) is 20.8 Å². The maximum atomic E-state index is 11.7. The highest BCUT2D eigenvalue weighted by Gasteiger charge is 2.07. The highest BCUT2D eigenvalue weighted by Crippen LogP contribution is 2.23. The molecule has 1 aromatic carbocycles. The van der Waals surface area contributed by atoms with Crippen molar-refractivity contribution in [2.45, 2.75) is 27.3 Å². The average Bonchev–Trinajstić information content (AvgIpc) is 2.75. The Bertz CT molecular complexity index is 631. The first-order chi connectivity index (χ1) is 9.51. The minimum atomic E-state index is -0.0596. The molecule has 0 aliphatic carbocycles. The molecule has 20 heavy (non-hydrogen) atoms. The first-order valence-electron chi connectivity index (χ1n) is 6.63. The van der Waals surface area contributed by atoms with Gasteiger partial charge in [-0.2, -0.15) is 0 Å². The Hall–Kier alpha value is -1.81. The third-order valence-corrected chi connectivity index (χ3v) is 4.35. The fourth-order valence-corrected chi connectivity index (χ4v) is 3.09. The van der Waals surface area contributed by atoms with E-state index >= 15 is 0 Å². The average molecular weight is 288 g/mol. The molecule has 1 heterocycles. The summed E-state index contributed by atoms with van der Waals surface area (Å²) in [5.74, 6) is -0.0596. The van der Waals surface area contributed by atoms with Crippen molar-refractivity contribution in [1.82, 2.24) is 5.32 Å². The van der Waals surface area contributed by atoms with Crippen LogP contribution in [0.4, 0.5) is 5.69 Å². The normalized spacial score (nSPS) is 10.4. The van der Waals surface area contributed by atoms with Gasteiger partial charge in [-0.25, -0.2) is 0 Å². The Morgan fingerprint density at radius 1 is 1.20 bits per heavy atom. The molecule has 0 bridgehead atoms. The second-order valence-corrected chi connectivity index (χ2v) is 6.36. The summed E-state index contributed by atoms with van der Waals surface area (Å²) in [6.07, 6.45) is 0. The number of hydrogen-bond donors (Lipinski definition) is 2. The minimum absolute atomic E-state index is 0.0596. The molecule has 0 aliphatic rings. The van der Waals surface area contributed by atoms with Crippen molar-refractivity contribution in [3.63, 3.8) is 0 Å². The van der Waals surface area contributed by atoms with Gasteiger partial charge in [0, 0.05) is 34.6 Å². The predicted molar refractivity (Wildman–Crippen MR) is 85.7 cm³/mol. The first-order valence-corrected chi connectivity index (χ1v) is 7.45. The quantitative estimate of drug-likeness (QED) is 0.901. The van der Waals surface area contributed by atoms with E-state index in [0.717, 1.165) is 17.8 Å². The van der Waals surface area contributed by atoms with Crippen molar-refractivity contribution in [3.05, 3.63) is 50.7 Å². The van der Waals surface area contributed by atoms with Crippen LogP contribution in [0.5, 0.6) is 0 Å². The van der Waals surface area contributed by atoms with E-state index in [1.807, 2.05) is 36.5 Å². The number of hydrogen-bond acceptors (Lipinski definition) is 3. The summed E-state index contributed by atoms with van der Waals surface area (Å²) < 4.78 is 0. The Labute approximate surface area is 124 Å². The number of rotatable bonds is 4. The number of benzene rings is 1. The van der Waals surface area contributed by atoms with E-state index in [1.54, 1.807) is 7.05 Å². The number of anilines is 1. The molecule has 0 saturated heterocycles. The van der Waals surface area contributed by atoms with Crippen LogP contribution in [0.1, 0.15) is 31.2 Å². The van der Waals surface area contributed by atoms with Crippen molar-refractivity contribution in [1.29, 1.82) is 0 Å². The highest BCUT2D eigenvalue weighted by molar-refractivity contribution is 7.12. The number of thiophene rings is 1. The summed E-state index contributed by atoms with van der Waals surface area (Å²) >= 11 is 1.82. The Morgan fingerprint density at radius 2 is 1.95 bits per heavy atom. The molecule has 0 aliphatic heterocycles. The lowest BCUT2D eigenvalue weighted by Crippen LogP contribution is -2.18. The van der Waals surface area contributed by atoms with E-state index in [2.05, 4.69) is 30.5 Å². The van der Waals surface area contributed by atoms with Gasteiger partial charge in [-0.3, -0.25) is 4.79 Å². The van der Waals surface area contributed by atoms with Gasteiger partial charge in [0.05, 0.1) is 0 Å². The van der Waals surface area contributed by atoms with Gasteiger partial charge in [-0.1, -0.05) is 6.07 Å². The summed E-state index contributed by atoms with van der Waals surface area (Å²) in [6, 6.07) is 7.94. The standard InChI is InChI=1S/C16H20N2OS/c1-10-5-6-13(16(19)17-4)8-15(10)18-9-14-7-11(2)20-12(14)3/h5-8,18H,9H2,1-4H3,(H,17,19). The topological polar surface area (TPSA) is 41.1 Å². The molecule has 0 unspecified atom stereocenters. The molecule has 2 aromatic rings. The molecule has 3 nitrogen and oxygen atoms in total. The second kappa shape index (κ2) is 6.09. The van der Waals surface area contributed by atoms with Crippen LogP contribution in [0.2, 0.25) is 0 Å². The lowest BCUT2D eigenvalue weighted by molar-refractivity contribution is 0.0963. The molecule has 1 amide bonds. The molecule has 0 radical (unpaired) electrons. The van der Waals surface area contributed by atoms with E-state index in [9.17, 15) is 4.79 Å². The van der Waals surface area contributed by atoms with Crippen LogP contribution in [0.15, 0.2) is 24.3 Å². The van der Waals surface area contributed by atoms with Crippen molar-refractivity contribution < 1.29 is 4.79 Å². The predicted octanol–water partition coefficient (Wildman–Crippen LogP) is 3.65. The lowest BCUT2D eigenvalue weighted by Gasteiger charge is -2.11. The van der Waals surface area contributed by atoms with Gasteiger partial charge in [-0.15, -0.1) is 11.3 Å². The summed E-state index contributed by atoms with van der Waals surface area (Å²) in [5, 5.41) is 6.08. The van der Waals surface area contributed by atoms with Crippen LogP contribution < -0.4 is 10.6 Å². The van der Waals surface area contributed by atoms with Crippen LogP contribution in [0.3, 0.4) is 0 Å². The molecule has 2 rings (SSSR count). The van der Waals surface area contributed by atoms with E-state index in [-0.39, 0.29) is 5.91 Å². The monoisotopic (exact) mass is 288 g/mol. The van der Waals surface area contributed by atoms with Crippen LogP contribution in [-0.2, 0) is 6.54 Å². The van der Waals surface area contributed by atoms with E-state index in [4.69, 9.17) is 0 Å². The van der Waals surface area contributed by atoms with Crippen LogP contribution in [-0.4, -0.2) is 13.0 Å². The fourth-order valence-electron chi connectivity index (χ4n) is 2.15. The smallest absolute Gasteiger partial charge is 0.251 e. The number of nitrogens with one attached hydrogen (secondary N) is 2. The molecule has 0 spiro atoms. The SMILES string of the molecule is CNC(=O)c1ccc(C)c(NCc2cc(C)sc2C)c1. The highest BCUT2D eigenvalue weighted by atomic mass is 32.1. The van der Waals surface area contributed by atoms with Crippen molar-refractivity contribution in [2.24, 2.45) is 0 Å². The molecule has 2 N–H and O–H groups in total. The van der Waals surface area contributed by atoms with Crippen molar-refractivity contribution in [2.75, 3.05) is 12.4 Å². The van der Waals surface area contributed by atoms with E-state index < -0.39 is 0 Å². The van der Waals surface area contributed by atoms with Crippen LogP contribution in [0.25, 0.3) is 0 Å². The van der Waals surface area contributed by atoms with Gasteiger partial charge >= 0.3 is 0 Å². The second-order valence-electron chi connectivity index (χ2n) is 4.90. The summed E-state index contributed by atoms with van der Waals surface area (Å²) in [6.45, 7) is 7.09. The third-order valence-electron chi connectivity index (χ3n) is 3.34. The zero-order chi connectivity index (χ0) is 14.7. The van der Waals surface area contributed by atoms with Gasteiger partial charge in [0.15, 0.2) is 0 Å². The molecule has 106 valence electrons. The summed E-state index contributed by atoms with van der Waals surface area (Å²) in [4.78, 5) is 14.3. The maximum Gasteiger partial charge on any atom is 0.251 e. The largest absolute Gasteiger partial charge is 0.381 e. The van der Waals surface area contributed by atoms with Gasteiger partial charge in [-0.05, 0) is 50.1 Å². The number of carbonyl (C=O) groups is 1. The van der Waals surface area contributed by atoms with E-state index in [1.165, 1.54) is 15.3 Å². The zero-order valence-corrected chi connectivity index (χ0v) is 13.1. The Kier molecular flexibility index (Phi) is 4.45. The number of aryl methyl sites for hydroxylation is 3. The molecular weight excluding hydrogens is 268 g/mol. The summed E-state index contributed by atoms with van der Waals surface area (Å²) in [7, 11) is 1.65. The minimum Gasteiger partial charge on any atom is -0.381 e. The van der Waals surface area contributed by atoms with Crippen molar-refractivity contribution >= 4 is 22.9 Å².